The number of carbonyl (C=O) groups is 1. The maximum absolute atomic E-state index is 12.9. The maximum Gasteiger partial charge on any atom is 0.416 e. The summed E-state index contributed by atoms with van der Waals surface area (Å²) in [6, 6.07) is 5.83. The predicted octanol–water partition coefficient (Wildman–Crippen LogP) is 3.09. The molecule has 138 valence electrons. The van der Waals surface area contributed by atoms with Gasteiger partial charge < -0.3 is 14.7 Å². The van der Waals surface area contributed by atoms with Crippen LogP contribution in [-0.4, -0.2) is 47.3 Å². The predicted molar refractivity (Wildman–Crippen MR) is 87.1 cm³/mol. The molecule has 1 aliphatic heterocycles. The number of alkyl halides is 3. The molecule has 1 aromatic carbocycles. The lowest BCUT2D eigenvalue weighted by Gasteiger charge is -2.18. The Hall–Kier alpha value is -2.68. The van der Waals surface area contributed by atoms with E-state index in [4.69, 9.17) is 4.74 Å². The minimum Gasteiger partial charge on any atom is -0.477 e. The van der Waals surface area contributed by atoms with Crippen molar-refractivity contribution in [2.24, 2.45) is 0 Å². The highest BCUT2D eigenvalue weighted by Crippen LogP contribution is 2.32. The quantitative estimate of drug-likeness (QED) is 0.895. The Balaban J connectivity index is 2.03. The Labute approximate surface area is 147 Å². The van der Waals surface area contributed by atoms with Gasteiger partial charge in [0.15, 0.2) is 11.5 Å². The number of halogens is 3. The SMILES string of the molecule is COC1CCN(c2cc(C(=O)O)nc(-c3cccc(C(F)(F)F)c3)n2)C1. The molecule has 0 spiro atoms. The number of hydrogen-bond donors (Lipinski definition) is 1. The summed E-state index contributed by atoms with van der Waals surface area (Å²) in [4.78, 5) is 21.4. The van der Waals surface area contributed by atoms with Gasteiger partial charge in [-0.1, -0.05) is 12.1 Å². The van der Waals surface area contributed by atoms with Crippen molar-refractivity contribution in [1.82, 2.24) is 9.97 Å². The lowest BCUT2D eigenvalue weighted by atomic mass is 10.1. The number of hydrogen-bond acceptors (Lipinski definition) is 5. The highest BCUT2D eigenvalue weighted by molar-refractivity contribution is 5.87. The minimum atomic E-state index is -4.51. The third kappa shape index (κ3) is 3.77. The molecule has 0 aliphatic carbocycles. The van der Waals surface area contributed by atoms with Crippen LogP contribution in [-0.2, 0) is 10.9 Å². The molecule has 2 aromatic rings. The zero-order chi connectivity index (χ0) is 18.9. The molecule has 1 atom stereocenters. The van der Waals surface area contributed by atoms with E-state index in [1.807, 2.05) is 4.90 Å². The Morgan fingerprint density at radius 2 is 2.08 bits per heavy atom. The number of benzene rings is 1. The van der Waals surface area contributed by atoms with Crippen LogP contribution in [0.1, 0.15) is 22.5 Å². The largest absolute Gasteiger partial charge is 0.477 e. The van der Waals surface area contributed by atoms with Crippen molar-refractivity contribution in [2.75, 3.05) is 25.1 Å². The van der Waals surface area contributed by atoms with Crippen LogP contribution < -0.4 is 4.90 Å². The lowest BCUT2D eigenvalue weighted by Crippen LogP contribution is -2.24. The summed E-state index contributed by atoms with van der Waals surface area (Å²) in [5, 5.41) is 9.29. The molecule has 1 saturated heterocycles. The molecule has 0 amide bonds. The second-order valence-corrected chi connectivity index (χ2v) is 5.91. The first-order valence-electron chi connectivity index (χ1n) is 7.85. The van der Waals surface area contributed by atoms with Gasteiger partial charge in [-0.25, -0.2) is 14.8 Å². The highest BCUT2D eigenvalue weighted by Gasteiger charge is 2.31. The highest BCUT2D eigenvalue weighted by atomic mass is 19.4. The summed E-state index contributed by atoms with van der Waals surface area (Å²) in [5.74, 6) is -0.986. The van der Waals surface area contributed by atoms with E-state index >= 15 is 0 Å². The van der Waals surface area contributed by atoms with Crippen LogP contribution in [0.5, 0.6) is 0 Å². The number of methoxy groups -OCH3 is 1. The molecular formula is C17H16F3N3O3. The fourth-order valence-electron chi connectivity index (χ4n) is 2.80. The van der Waals surface area contributed by atoms with Crippen molar-refractivity contribution in [3.05, 3.63) is 41.6 Å². The van der Waals surface area contributed by atoms with Gasteiger partial charge in [0.05, 0.1) is 11.7 Å². The van der Waals surface area contributed by atoms with Gasteiger partial charge in [0.1, 0.15) is 5.82 Å². The number of nitrogens with zero attached hydrogens (tertiary/aromatic N) is 3. The van der Waals surface area contributed by atoms with E-state index < -0.39 is 17.7 Å². The third-order valence-electron chi connectivity index (χ3n) is 4.18. The van der Waals surface area contributed by atoms with Gasteiger partial charge >= 0.3 is 12.1 Å². The van der Waals surface area contributed by atoms with Crippen molar-refractivity contribution in [2.45, 2.75) is 18.7 Å². The van der Waals surface area contributed by atoms with Gasteiger partial charge in [-0.3, -0.25) is 0 Å². The first-order valence-corrected chi connectivity index (χ1v) is 7.85. The van der Waals surface area contributed by atoms with Crippen LogP contribution >= 0.6 is 0 Å². The molecule has 9 heteroatoms. The van der Waals surface area contributed by atoms with Crippen molar-refractivity contribution in [3.63, 3.8) is 0 Å². The molecule has 3 rings (SSSR count). The maximum atomic E-state index is 12.9. The smallest absolute Gasteiger partial charge is 0.416 e. The fraction of sp³-hybridized carbons (Fsp3) is 0.353. The first-order chi connectivity index (χ1) is 12.3. The second-order valence-electron chi connectivity index (χ2n) is 5.91. The summed E-state index contributed by atoms with van der Waals surface area (Å²) in [5.41, 5.74) is -1.02. The molecule has 6 nitrogen and oxygen atoms in total. The van der Waals surface area contributed by atoms with Crippen molar-refractivity contribution < 1.29 is 27.8 Å². The summed E-state index contributed by atoms with van der Waals surface area (Å²) in [6.45, 7) is 1.13. The topological polar surface area (TPSA) is 75.5 Å². The summed E-state index contributed by atoms with van der Waals surface area (Å²) >= 11 is 0. The Morgan fingerprint density at radius 3 is 2.69 bits per heavy atom. The average molecular weight is 367 g/mol. The van der Waals surface area contributed by atoms with E-state index in [2.05, 4.69) is 9.97 Å². The zero-order valence-corrected chi connectivity index (χ0v) is 13.8. The van der Waals surface area contributed by atoms with Gasteiger partial charge in [0, 0.05) is 31.8 Å². The molecule has 1 aliphatic rings. The number of carboxylic acids is 1. The van der Waals surface area contributed by atoms with E-state index in [-0.39, 0.29) is 23.2 Å². The molecule has 1 fully saturated rings. The Morgan fingerprint density at radius 1 is 1.31 bits per heavy atom. The summed E-state index contributed by atoms with van der Waals surface area (Å²) in [6.07, 6.45) is -3.76. The lowest BCUT2D eigenvalue weighted by molar-refractivity contribution is -0.137. The Bertz CT molecular complexity index is 826. The third-order valence-corrected chi connectivity index (χ3v) is 4.18. The van der Waals surface area contributed by atoms with Gasteiger partial charge in [-0.2, -0.15) is 13.2 Å². The summed E-state index contributed by atoms with van der Waals surface area (Å²) in [7, 11) is 1.59. The van der Waals surface area contributed by atoms with Crippen LogP contribution in [0.2, 0.25) is 0 Å². The molecule has 0 radical (unpaired) electrons. The van der Waals surface area contributed by atoms with E-state index in [0.29, 0.717) is 18.9 Å². The minimum absolute atomic E-state index is 0.00440. The number of carboxylic acid groups (broad SMARTS) is 1. The van der Waals surface area contributed by atoms with Crippen LogP contribution in [0.4, 0.5) is 19.0 Å². The van der Waals surface area contributed by atoms with Crippen molar-refractivity contribution in [1.29, 1.82) is 0 Å². The van der Waals surface area contributed by atoms with Gasteiger partial charge in [0.25, 0.3) is 0 Å². The molecule has 1 N–H and O–H groups in total. The average Bonchev–Trinajstić information content (AvgIpc) is 3.10. The number of aromatic carboxylic acids is 1. The standard InChI is InChI=1S/C17H16F3N3O3/c1-26-12-5-6-23(9-12)14-8-13(16(24)25)21-15(22-14)10-3-2-4-11(7-10)17(18,19)20/h2-4,7-8,12H,5-6,9H2,1H3,(H,24,25). The number of ether oxygens (including phenoxy) is 1. The fourth-order valence-corrected chi connectivity index (χ4v) is 2.80. The van der Waals surface area contributed by atoms with Crippen molar-refractivity contribution >= 4 is 11.8 Å². The molecule has 26 heavy (non-hydrogen) atoms. The molecule has 2 heterocycles. The molecule has 1 aromatic heterocycles. The van der Waals surface area contributed by atoms with Gasteiger partial charge in [0.2, 0.25) is 0 Å². The van der Waals surface area contributed by atoms with Gasteiger partial charge in [-0.15, -0.1) is 0 Å². The van der Waals surface area contributed by atoms with E-state index in [0.717, 1.165) is 18.6 Å². The zero-order valence-electron chi connectivity index (χ0n) is 13.8. The number of aromatic nitrogens is 2. The van der Waals surface area contributed by atoms with E-state index in [1.165, 1.54) is 18.2 Å². The monoisotopic (exact) mass is 367 g/mol. The van der Waals surface area contributed by atoms with Crippen LogP contribution in [0.15, 0.2) is 30.3 Å². The molecule has 0 bridgehead atoms. The number of rotatable bonds is 4. The van der Waals surface area contributed by atoms with E-state index in [1.54, 1.807) is 7.11 Å². The van der Waals surface area contributed by atoms with Crippen molar-refractivity contribution in [3.8, 4) is 11.4 Å². The summed E-state index contributed by atoms with van der Waals surface area (Å²) < 4.78 is 44.1. The molecular weight excluding hydrogens is 351 g/mol. The first kappa shape index (κ1) is 18.1. The second kappa shape index (κ2) is 6.91. The van der Waals surface area contributed by atoms with Gasteiger partial charge in [-0.05, 0) is 18.6 Å². The normalized spacial score (nSPS) is 17.5. The molecule has 0 saturated carbocycles. The number of anilines is 1. The van der Waals surface area contributed by atoms with Crippen LogP contribution in [0.3, 0.4) is 0 Å². The Kier molecular flexibility index (Phi) is 4.82. The van der Waals surface area contributed by atoms with Crippen LogP contribution in [0, 0.1) is 0 Å². The van der Waals surface area contributed by atoms with Crippen LogP contribution in [0.25, 0.3) is 11.4 Å². The molecule has 1 unspecified atom stereocenters. The van der Waals surface area contributed by atoms with E-state index in [9.17, 15) is 23.1 Å².